The number of sulfonamides is 1. The Balaban J connectivity index is 1.97. The molecular formula is C14H21NO2S. The van der Waals surface area contributed by atoms with Crippen LogP contribution in [0.5, 0.6) is 0 Å². The van der Waals surface area contributed by atoms with Gasteiger partial charge >= 0.3 is 0 Å². The molecule has 0 radical (unpaired) electrons. The van der Waals surface area contributed by atoms with E-state index in [-0.39, 0.29) is 6.04 Å². The predicted octanol–water partition coefficient (Wildman–Crippen LogP) is 2.60. The smallest absolute Gasteiger partial charge is 0.211 e. The van der Waals surface area contributed by atoms with Crippen molar-refractivity contribution in [2.45, 2.75) is 37.6 Å². The van der Waals surface area contributed by atoms with Crippen molar-refractivity contribution in [2.75, 3.05) is 13.3 Å². The van der Waals surface area contributed by atoms with Crippen LogP contribution in [0, 0.1) is 0 Å². The van der Waals surface area contributed by atoms with E-state index in [1.54, 1.807) is 7.05 Å². The van der Waals surface area contributed by atoms with Crippen molar-refractivity contribution in [2.24, 2.45) is 0 Å². The second-order valence-corrected chi connectivity index (χ2v) is 7.24. The fourth-order valence-corrected chi connectivity index (χ4v) is 3.52. The maximum Gasteiger partial charge on any atom is 0.211 e. The molecule has 0 bridgehead atoms. The maximum absolute atomic E-state index is 11.5. The Morgan fingerprint density at radius 1 is 1.06 bits per heavy atom. The molecule has 0 aromatic heterocycles. The van der Waals surface area contributed by atoms with Crippen LogP contribution in [0.1, 0.15) is 37.2 Å². The van der Waals surface area contributed by atoms with Gasteiger partial charge in [0.05, 0.1) is 6.26 Å². The molecule has 2 rings (SSSR count). The molecule has 0 unspecified atom stereocenters. The molecule has 18 heavy (non-hydrogen) atoms. The summed E-state index contributed by atoms with van der Waals surface area (Å²) < 4.78 is 24.6. The van der Waals surface area contributed by atoms with E-state index in [0.29, 0.717) is 5.92 Å². The molecule has 4 heteroatoms. The zero-order valence-corrected chi connectivity index (χ0v) is 11.9. The highest BCUT2D eigenvalue weighted by Crippen LogP contribution is 2.34. The Kier molecular flexibility index (Phi) is 4.07. The highest BCUT2D eigenvalue weighted by Gasteiger charge is 2.28. The van der Waals surface area contributed by atoms with E-state index >= 15 is 0 Å². The van der Waals surface area contributed by atoms with Crippen molar-refractivity contribution in [1.29, 1.82) is 0 Å². The average Bonchev–Trinajstić information content (AvgIpc) is 2.38. The lowest BCUT2D eigenvalue weighted by Crippen LogP contribution is -2.38. The molecule has 1 aromatic carbocycles. The topological polar surface area (TPSA) is 37.4 Å². The average molecular weight is 267 g/mol. The predicted molar refractivity (Wildman–Crippen MR) is 74.0 cm³/mol. The summed E-state index contributed by atoms with van der Waals surface area (Å²) in [6.45, 7) is 0. The normalized spacial score (nSPS) is 25.3. The first kappa shape index (κ1) is 13.6. The summed E-state index contributed by atoms with van der Waals surface area (Å²) in [5, 5.41) is 0. The highest BCUT2D eigenvalue weighted by molar-refractivity contribution is 7.88. The quantitative estimate of drug-likeness (QED) is 0.844. The molecule has 1 saturated carbocycles. The Morgan fingerprint density at radius 3 is 2.11 bits per heavy atom. The van der Waals surface area contributed by atoms with Crippen LogP contribution in [-0.2, 0) is 10.0 Å². The number of benzene rings is 1. The summed E-state index contributed by atoms with van der Waals surface area (Å²) in [5.74, 6) is 0.593. The zero-order valence-electron chi connectivity index (χ0n) is 11.0. The minimum atomic E-state index is -3.05. The molecule has 1 aliphatic carbocycles. The Morgan fingerprint density at radius 2 is 1.61 bits per heavy atom. The molecule has 0 amide bonds. The molecule has 0 atom stereocenters. The second-order valence-electron chi connectivity index (χ2n) is 5.20. The van der Waals surface area contributed by atoms with Crippen molar-refractivity contribution in [3.8, 4) is 0 Å². The standard InChI is InChI=1S/C14H21NO2S/c1-15(18(2,16)17)14-10-8-13(9-11-14)12-6-4-3-5-7-12/h3-7,13-14H,8-11H2,1-2H3. The van der Waals surface area contributed by atoms with Crippen LogP contribution in [0.3, 0.4) is 0 Å². The molecule has 0 aliphatic heterocycles. The van der Waals surface area contributed by atoms with Crippen LogP contribution in [-0.4, -0.2) is 32.1 Å². The number of hydrogen-bond donors (Lipinski definition) is 0. The third kappa shape index (κ3) is 3.12. The third-order valence-corrected chi connectivity index (χ3v) is 5.35. The number of nitrogens with zero attached hydrogens (tertiary/aromatic N) is 1. The van der Waals surface area contributed by atoms with Crippen molar-refractivity contribution < 1.29 is 8.42 Å². The van der Waals surface area contributed by atoms with Gasteiger partial charge in [-0.1, -0.05) is 30.3 Å². The van der Waals surface area contributed by atoms with Crippen molar-refractivity contribution in [3.05, 3.63) is 35.9 Å². The first-order valence-corrected chi connectivity index (χ1v) is 8.31. The number of hydrogen-bond acceptors (Lipinski definition) is 2. The number of rotatable bonds is 3. The molecule has 100 valence electrons. The minimum absolute atomic E-state index is 0.181. The summed E-state index contributed by atoms with van der Waals surface area (Å²) in [4.78, 5) is 0. The summed E-state index contributed by atoms with van der Waals surface area (Å²) >= 11 is 0. The molecule has 3 nitrogen and oxygen atoms in total. The zero-order chi connectivity index (χ0) is 13.2. The minimum Gasteiger partial charge on any atom is -0.213 e. The van der Waals surface area contributed by atoms with Gasteiger partial charge < -0.3 is 0 Å². The van der Waals surface area contributed by atoms with Gasteiger partial charge in [0.1, 0.15) is 0 Å². The van der Waals surface area contributed by atoms with E-state index in [9.17, 15) is 8.42 Å². The van der Waals surface area contributed by atoms with Gasteiger partial charge in [0, 0.05) is 13.1 Å². The lowest BCUT2D eigenvalue weighted by Gasteiger charge is -2.33. The summed E-state index contributed by atoms with van der Waals surface area (Å²) in [5.41, 5.74) is 1.39. The molecule has 0 saturated heterocycles. The van der Waals surface area contributed by atoms with Gasteiger partial charge in [-0.15, -0.1) is 0 Å². The van der Waals surface area contributed by atoms with E-state index in [0.717, 1.165) is 25.7 Å². The van der Waals surface area contributed by atoms with Crippen LogP contribution >= 0.6 is 0 Å². The van der Waals surface area contributed by atoms with Gasteiger partial charge in [-0.05, 0) is 37.2 Å². The molecule has 0 spiro atoms. The van der Waals surface area contributed by atoms with E-state index < -0.39 is 10.0 Å². The third-order valence-electron chi connectivity index (χ3n) is 4.01. The van der Waals surface area contributed by atoms with Gasteiger partial charge in [-0.2, -0.15) is 0 Å². The molecule has 1 aliphatic rings. The first-order valence-electron chi connectivity index (χ1n) is 6.46. The Bertz CT molecular complexity index is 476. The Hall–Kier alpha value is -0.870. The largest absolute Gasteiger partial charge is 0.213 e. The van der Waals surface area contributed by atoms with Gasteiger partial charge in [-0.25, -0.2) is 12.7 Å². The van der Waals surface area contributed by atoms with Gasteiger partial charge in [0.2, 0.25) is 10.0 Å². The molecule has 0 N–H and O–H groups in total. The van der Waals surface area contributed by atoms with Crippen LogP contribution in [0.2, 0.25) is 0 Å². The van der Waals surface area contributed by atoms with E-state index in [2.05, 4.69) is 24.3 Å². The van der Waals surface area contributed by atoms with Gasteiger partial charge in [-0.3, -0.25) is 0 Å². The summed E-state index contributed by atoms with van der Waals surface area (Å²) in [6, 6.07) is 10.7. The fourth-order valence-electron chi connectivity index (χ4n) is 2.77. The van der Waals surface area contributed by atoms with Crippen LogP contribution in [0.25, 0.3) is 0 Å². The summed E-state index contributed by atoms with van der Waals surface area (Å²) in [7, 11) is -1.35. The van der Waals surface area contributed by atoms with Crippen LogP contribution < -0.4 is 0 Å². The van der Waals surface area contributed by atoms with Crippen LogP contribution in [0.15, 0.2) is 30.3 Å². The van der Waals surface area contributed by atoms with Crippen molar-refractivity contribution >= 4 is 10.0 Å². The first-order chi connectivity index (χ1) is 8.48. The van der Waals surface area contributed by atoms with E-state index in [1.165, 1.54) is 16.1 Å². The second kappa shape index (κ2) is 5.41. The van der Waals surface area contributed by atoms with Crippen molar-refractivity contribution in [3.63, 3.8) is 0 Å². The van der Waals surface area contributed by atoms with E-state index in [4.69, 9.17) is 0 Å². The fraction of sp³-hybridized carbons (Fsp3) is 0.571. The maximum atomic E-state index is 11.5. The van der Waals surface area contributed by atoms with Gasteiger partial charge in [0.25, 0.3) is 0 Å². The molecule has 0 heterocycles. The van der Waals surface area contributed by atoms with Gasteiger partial charge in [0.15, 0.2) is 0 Å². The highest BCUT2D eigenvalue weighted by atomic mass is 32.2. The summed E-state index contributed by atoms with van der Waals surface area (Å²) in [6.07, 6.45) is 5.37. The molecular weight excluding hydrogens is 246 g/mol. The lowest BCUT2D eigenvalue weighted by molar-refractivity contribution is 0.269. The Labute approximate surface area is 110 Å². The lowest BCUT2D eigenvalue weighted by atomic mass is 9.82. The van der Waals surface area contributed by atoms with Crippen LogP contribution in [0.4, 0.5) is 0 Å². The molecule has 1 fully saturated rings. The molecule has 1 aromatic rings. The SMILES string of the molecule is CN(C1CCC(c2ccccc2)CC1)S(C)(=O)=O. The van der Waals surface area contributed by atoms with E-state index in [1.807, 2.05) is 6.07 Å². The monoisotopic (exact) mass is 267 g/mol. The van der Waals surface area contributed by atoms with Crippen molar-refractivity contribution in [1.82, 2.24) is 4.31 Å².